The Morgan fingerprint density at radius 3 is 2.44 bits per heavy atom. The van der Waals surface area contributed by atoms with Gasteiger partial charge in [-0.2, -0.15) is 4.31 Å². The van der Waals surface area contributed by atoms with Gasteiger partial charge < -0.3 is 10.1 Å². The van der Waals surface area contributed by atoms with Crippen molar-refractivity contribution in [2.24, 2.45) is 0 Å². The van der Waals surface area contributed by atoms with Crippen molar-refractivity contribution >= 4 is 32.4 Å². The molecule has 0 radical (unpaired) electrons. The Kier molecular flexibility index (Phi) is 4.98. The molecule has 9 heteroatoms. The van der Waals surface area contributed by atoms with E-state index in [9.17, 15) is 13.2 Å². The van der Waals surface area contributed by atoms with Crippen LogP contribution in [0.1, 0.15) is 4.88 Å². The van der Waals surface area contributed by atoms with Gasteiger partial charge >= 0.3 is 6.03 Å². The van der Waals surface area contributed by atoms with Crippen LogP contribution in [0, 0.1) is 6.92 Å². The lowest BCUT2D eigenvalue weighted by atomic mass is 10.2. The molecule has 1 aliphatic rings. The summed E-state index contributed by atoms with van der Waals surface area (Å²) < 4.78 is 31.4. The maximum atomic E-state index is 12.5. The van der Waals surface area contributed by atoms with Crippen molar-refractivity contribution in [3.05, 3.63) is 41.3 Å². The average Bonchev–Trinajstić information content (AvgIpc) is 2.95. The molecule has 7 nitrogen and oxygen atoms in total. The summed E-state index contributed by atoms with van der Waals surface area (Å²) in [6.45, 7) is 2.47. The zero-order chi connectivity index (χ0) is 18.0. The molecular weight excluding hydrogens is 362 g/mol. The van der Waals surface area contributed by atoms with Gasteiger partial charge in [-0.05, 0) is 43.3 Å². The standard InChI is InChI=1S/C16H19N3O4S2/c1-11-3-8-15(24-11)18-16(20)17-12-9-19(10-12)25(21,22)14-6-4-13(23-2)5-7-14/h3-8,12H,9-10H2,1-2H3,(H2,17,18,20). The van der Waals surface area contributed by atoms with E-state index in [1.807, 2.05) is 19.1 Å². The highest BCUT2D eigenvalue weighted by Gasteiger charge is 2.37. The van der Waals surface area contributed by atoms with Crippen molar-refractivity contribution in [1.29, 1.82) is 0 Å². The normalized spacial score (nSPS) is 15.4. The van der Waals surface area contributed by atoms with E-state index < -0.39 is 10.0 Å². The molecule has 2 heterocycles. The molecule has 0 saturated carbocycles. The lowest BCUT2D eigenvalue weighted by Gasteiger charge is -2.38. The molecule has 2 N–H and O–H groups in total. The number of anilines is 1. The van der Waals surface area contributed by atoms with Gasteiger partial charge in [-0.3, -0.25) is 5.32 Å². The molecule has 1 aliphatic heterocycles. The Morgan fingerprint density at radius 1 is 1.20 bits per heavy atom. The van der Waals surface area contributed by atoms with Gasteiger partial charge in [-0.25, -0.2) is 13.2 Å². The SMILES string of the molecule is COc1ccc(S(=O)(=O)N2CC(NC(=O)Nc3ccc(C)s3)C2)cc1. The number of hydrogen-bond donors (Lipinski definition) is 2. The molecule has 0 bridgehead atoms. The first-order valence-electron chi connectivity index (χ1n) is 7.66. The number of benzene rings is 1. The number of methoxy groups -OCH3 is 1. The van der Waals surface area contributed by atoms with Gasteiger partial charge in [0.05, 0.1) is 23.0 Å². The summed E-state index contributed by atoms with van der Waals surface area (Å²) in [5.41, 5.74) is 0. The molecule has 3 rings (SSSR count). The Morgan fingerprint density at radius 2 is 1.88 bits per heavy atom. The van der Waals surface area contributed by atoms with Crippen LogP contribution in [-0.2, 0) is 10.0 Å². The highest BCUT2D eigenvalue weighted by atomic mass is 32.2. The number of amides is 2. The number of aryl methyl sites for hydroxylation is 1. The monoisotopic (exact) mass is 381 g/mol. The quantitative estimate of drug-likeness (QED) is 0.832. The van der Waals surface area contributed by atoms with Crippen LogP contribution in [0.15, 0.2) is 41.3 Å². The zero-order valence-electron chi connectivity index (χ0n) is 13.9. The lowest BCUT2D eigenvalue weighted by Crippen LogP contribution is -2.61. The van der Waals surface area contributed by atoms with Crippen molar-refractivity contribution in [2.45, 2.75) is 17.9 Å². The summed E-state index contributed by atoms with van der Waals surface area (Å²) in [5.74, 6) is 0.600. The van der Waals surface area contributed by atoms with Gasteiger partial charge in [0.1, 0.15) is 5.75 Å². The first-order chi connectivity index (χ1) is 11.9. The smallest absolute Gasteiger partial charge is 0.320 e. The minimum Gasteiger partial charge on any atom is -0.497 e. The fraction of sp³-hybridized carbons (Fsp3) is 0.312. The Labute approximate surface area is 150 Å². The topological polar surface area (TPSA) is 87.7 Å². The number of ether oxygens (including phenoxy) is 1. The van der Waals surface area contributed by atoms with Crippen LogP contribution >= 0.6 is 11.3 Å². The molecular formula is C16H19N3O4S2. The molecule has 2 amide bonds. The van der Waals surface area contributed by atoms with Crippen LogP contribution < -0.4 is 15.4 Å². The third-order valence-electron chi connectivity index (χ3n) is 3.86. The predicted molar refractivity (Wildman–Crippen MR) is 96.8 cm³/mol. The molecule has 1 aromatic carbocycles. The van der Waals surface area contributed by atoms with Crippen LogP contribution in [0.3, 0.4) is 0 Å². The Hall–Kier alpha value is -2.10. The van der Waals surface area contributed by atoms with Crippen molar-refractivity contribution < 1.29 is 17.9 Å². The minimum atomic E-state index is -3.54. The van der Waals surface area contributed by atoms with E-state index in [-0.39, 0.29) is 30.1 Å². The van der Waals surface area contributed by atoms with Gasteiger partial charge in [0.2, 0.25) is 10.0 Å². The summed E-state index contributed by atoms with van der Waals surface area (Å²) in [5, 5.41) is 6.28. The van der Waals surface area contributed by atoms with Gasteiger partial charge in [0.25, 0.3) is 0 Å². The van der Waals surface area contributed by atoms with E-state index in [1.54, 1.807) is 12.1 Å². The molecule has 0 atom stereocenters. The number of nitrogens with zero attached hydrogens (tertiary/aromatic N) is 1. The zero-order valence-corrected chi connectivity index (χ0v) is 15.5. The molecule has 1 aromatic heterocycles. The van der Waals surface area contributed by atoms with Crippen LogP contribution in [0.2, 0.25) is 0 Å². The minimum absolute atomic E-state index is 0.200. The molecule has 25 heavy (non-hydrogen) atoms. The number of sulfonamides is 1. The summed E-state index contributed by atoms with van der Waals surface area (Å²) >= 11 is 1.49. The van der Waals surface area contributed by atoms with Crippen molar-refractivity contribution in [2.75, 3.05) is 25.5 Å². The number of rotatable bonds is 5. The second-order valence-corrected chi connectivity index (χ2v) is 8.93. The first-order valence-corrected chi connectivity index (χ1v) is 9.92. The van der Waals surface area contributed by atoms with E-state index >= 15 is 0 Å². The van der Waals surface area contributed by atoms with E-state index in [1.165, 1.54) is 34.9 Å². The Balaban J connectivity index is 1.53. The maximum Gasteiger partial charge on any atom is 0.320 e. The van der Waals surface area contributed by atoms with Crippen molar-refractivity contribution in [3.63, 3.8) is 0 Å². The number of nitrogens with one attached hydrogen (secondary N) is 2. The first kappa shape index (κ1) is 17.7. The second-order valence-electron chi connectivity index (χ2n) is 5.70. The van der Waals surface area contributed by atoms with Gasteiger partial charge in [0.15, 0.2) is 0 Å². The molecule has 2 aromatic rings. The summed E-state index contributed by atoms with van der Waals surface area (Å²) in [6, 6.07) is 9.48. The highest BCUT2D eigenvalue weighted by Crippen LogP contribution is 2.24. The molecule has 1 fully saturated rings. The lowest BCUT2D eigenvalue weighted by molar-refractivity contribution is 0.213. The highest BCUT2D eigenvalue weighted by molar-refractivity contribution is 7.89. The summed E-state index contributed by atoms with van der Waals surface area (Å²) in [4.78, 5) is 13.2. The van der Waals surface area contributed by atoms with Crippen LogP contribution in [0.25, 0.3) is 0 Å². The second kappa shape index (κ2) is 7.03. The Bertz CT molecular complexity index is 856. The third kappa shape index (κ3) is 3.94. The van der Waals surface area contributed by atoms with Crippen molar-refractivity contribution in [3.8, 4) is 5.75 Å². The predicted octanol–water partition coefficient (Wildman–Crippen LogP) is 2.26. The maximum absolute atomic E-state index is 12.5. The van der Waals surface area contributed by atoms with Crippen LogP contribution in [0.5, 0.6) is 5.75 Å². The van der Waals surface area contributed by atoms with Gasteiger partial charge in [-0.1, -0.05) is 0 Å². The van der Waals surface area contributed by atoms with E-state index in [4.69, 9.17) is 4.74 Å². The number of hydrogen-bond acceptors (Lipinski definition) is 5. The van der Waals surface area contributed by atoms with Crippen LogP contribution in [-0.4, -0.2) is 45.0 Å². The average molecular weight is 381 g/mol. The molecule has 0 spiro atoms. The molecule has 134 valence electrons. The number of thiophene rings is 1. The van der Waals surface area contributed by atoms with E-state index in [2.05, 4.69) is 10.6 Å². The third-order valence-corrected chi connectivity index (χ3v) is 6.62. The van der Waals surface area contributed by atoms with Gasteiger partial charge in [-0.15, -0.1) is 11.3 Å². The fourth-order valence-corrected chi connectivity index (χ4v) is 4.75. The van der Waals surface area contributed by atoms with Gasteiger partial charge in [0, 0.05) is 18.0 Å². The summed E-state index contributed by atoms with van der Waals surface area (Å²) in [6.07, 6.45) is 0. The number of urea groups is 1. The van der Waals surface area contributed by atoms with E-state index in [0.29, 0.717) is 5.75 Å². The van der Waals surface area contributed by atoms with Crippen molar-refractivity contribution in [1.82, 2.24) is 9.62 Å². The largest absolute Gasteiger partial charge is 0.497 e. The fourth-order valence-electron chi connectivity index (χ4n) is 2.46. The molecule has 0 aliphatic carbocycles. The number of carbonyl (C=O) groups is 1. The number of carbonyl (C=O) groups excluding carboxylic acids is 1. The van der Waals surface area contributed by atoms with E-state index in [0.717, 1.165) is 9.88 Å². The van der Waals surface area contributed by atoms with Crippen LogP contribution in [0.4, 0.5) is 9.80 Å². The summed E-state index contributed by atoms with van der Waals surface area (Å²) in [7, 11) is -2.02. The molecule has 1 saturated heterocycles. The molecule has 0 unspecified atom stereocenters.